The van der Waals surface area contributed by atoms with E-state index in [0.29, 0.717) is 0 Å². The third-order valence-electron chi connectivity index (χ3n) is 4.31. The number of aromatic nitrogens is 2. The maximum atomic E-state index is 5.93. The van der Waals surface area contributed by atoms with E-state index >= 15 is 0 Å². The highest BCUT2D eigenvalue weighted by Crippen LogP contribution is 2.36. The molecule has 1 aliphatic rings. The number of nitrogen functional groups attached to an aromatic ring is 1. The van der Waals surface area contributed by atoms with Crippen molar-refractivity contribution in [3.63, 3.8) is 0 Å². The van der Waals surface area contributed by atoms with Crippen LogP contribution in [0.4, 0.5) is 5.69 Å². The monoisotopic (exact) mass is 287 g/mol. The van der Waals surface area contributed by atoms with Crippen LogP contribution in [0.1, 0.15) is 46.4 Å². The van der Waals surface area contributed by atoms with E-state index < -0.39 is 0 Å². The van der Waals surface area contributed by atoms with Crippen molar-refractivity contribution in [2.75, 3.05) is 18.9 Å². The van der Waals surface area contributed by atoms with Crippen LogP contribution in [0.3, 0.4) is 0 Å². The SMILES string of the molecule is CC(C)(C)c1nc2cc(N)ccc2n1C1(C)CCCOC1. The number of ether oxygens (including phenoxy) is 1. The Hall–Kier alpha value is -1.55. The Bertz CT molecular complexity index is 660. The summed E-state index contributed by atoms with van der Waals surface area (Å²) in [7, 11) is 0. The quantitative estimate of drug-likeness (QED) is 0.817. The van der Waals surface area contributed by atoms with Gasteiger partial charge < -0.3 is 15.0 Å². The second-order valence-corrected chi connectivity index (χ2v) is 7.42. The Morgan fingerprint density at radius 3 is 2.71 bits per heavy atom. The second kappa shape index (κ2) is 4.73. The molecule has 1 atom stereocenters. The van der Waals surface area contributed by atoms with Crippen LogP contribution < -0.4 is 5.73 Å². The number of nitrogens with zero attached hydrogens (tertiary/aromatic N) is 2. The lowest BCUT2D eigenvalue weighted by Crippen LogP contribution is -2.41. The number of imidazole rings is 1. The largest absolute Gasteiger partial charge is 0.399 e. The number of hydrogen-bond donors (Lipinski definition) is 1. The molecule has 4 nitrogen and oxygen atoms in total. The fraction of sp³-hybridized carbons (Fsp3) is 0.588. The first-order valence-electron chi connectivity index (χ1n) is 7.68. The number of hydrogen-bond acceptors (Lipinski definition) is 3. The molecule has 2 heterocycles. The molecular formula is C17H25N3O. The van der Waals surface area contributed by atoms with Crippen LogP contribution in [0, 0.1) is 0 Å². The maximum absolute atomic E-state index is 5.93. The molecule has 4 heteroatoms. The number of anilines is 1. The average Bonchev–Trinajstić information content (AvgIpc) is 2.78. The van der Waals surface area contributed by atoms with Crippen LogP contribution in [0.2, 0.25) is 0 Å². The van der Waals surface area contributed by atoms with Gasteiger partial charge in [-0.05, 0) is 38.0 Å². The van der Waals surface area contributed by atoms with Gasteiger partial charge in [-0.1, -0.05) is 20.8 Å². The molecule has 0 spiro atoms. The minimum absolute atomic E-state index is 0.0196. The summed E-state index contributed by atoms with van der Waals surface area (Å²) in [4.78, 5) is 4.89. The van der Waals surface area contributed by atoms with Crippen molar-refractivity contribution < 1.29 is 4.74 Å². The minimum atomic E-state index is -0.0360. The third kappa shape index (κ3) is 2.42. The van der Waals surface area contributed by atoms with Gasteiger partial charge in [0.1, 0.15) is 5.82 Å². The molecule has 1 saturated heterocycles. The fourth-order valence-corrected chi connectivity index (χ4v) is 3.24. The number of benzene rings is 1. The molecular weight excluding hydrogens is 262 g/mol. The van der Waals surface area contributed by atoms with Gasteiger partial charge in [0.15, 0.2) is 0 Å². The van der Waals surface area contributed by atoms with Crippen molar-refractivity contribution in [1.29, 1.82) is 0 Å². The molecule has 21 heavy (non-hydrogen) atoms. The first kappa shape index (κ1) is 14.4. The zero-order valence-corrected chi connectivity index (χ0v) is 13.4. The molecule has 1 aromatic heterocycles. The zero-order chi connectivity index (χ0) is 15.3. The van der Waals surface area contributed by atoms with Gasteiger partial charge in [0.2, 0.25) is 0 Å². The summed E-state index contributed by atoms with van der Waals surface area (Å²) in [6.45, 7) is 10.5. The van der Waals surface area contributed by atoms with Crippen molar-refractivity contribution in [1.82, 2.24) is 9.55 Å². The Balaban J connectivity index is 2.27. The van der Waals surface area contributed by atoms with E-state index in [0.717, 1.165) is 48.6 Å². The Morgan fingerprint density at radius 2 is 2.10 bits per heavy atom. The Morgan fingerprint density at radius 1 is 1.33 bits per heavy atom. The molecule has 0 bridgehead atoms. The maximum Gasteiger partial charge on any atom is 0.115 e. The van der Waals surface area contributed by atoms with E-state index in [4.69, 9.17) is 15.5 Å². The molecule has 1 fully saturated rings. The molecule has 2 aromatic rings. The Labute approximate surface area is 126 Å². The van der Waals surface area contributed by atoms with Crippen molar-refractivity contribution in [2.24, 2.45) is 0 Å². The molecule has 0 saturated carbocycles. The molecule has 2 N–H and O–H groups in total. The molecule has 114 valence electrons. The summed E-state index contributed by atoms with van der Waals surface area (Å²) in [6, 6.07) is 6.01. The molecule has 3 rings (SSSR count). The second-order valence-electron chi connectivity index (χ2n) is 7.42. The third-order valence-corrected chi connectivity index (χ3v) is 4.31. The van der Waals surface area contributed by atoms with Crippen LogP contribution in [-0.4, -0.2) is 22.8 Å². The first-order valence-corrected chi connectivity index (χ1v) is 7.68. The summed E-state index contributed by atoms with van der Waals surface area (Å²) in [5.74, 6) is 1.11. The number of nitrogens with two attached hydrogens (primary N) is 1. The fourth-order valence-electron chi connectivity index (χ4n) is 3.24. The Kier molecular flexibility index (Phi) is 3.24. The minimum Gasteiger partial charge on any atom is -0.399 e. The van der Waals surface area contributed by atoms with E-state index in [1.54, 1.807) is 0 Å². The van der Waals surface area contributed by atoms with Crippen LogP contribution >= 0.6 is 0 Å². The smallest absolute Gasteiger partial charge is 0.115 e. The van der Waals surface area contributed by atoms with Crippen molar-refractivity contribution in [3.05, 3.63) is 24.0 Å². The lowest BCUT2D eigenvalue weighted by atomic mass is 9.90. The van der Waals surface area contributed by atoms with E-state index in [2.05, 4.69) is 38.3 Å². The van der Waals surface area contributed by atoms with Crippen LogP contribution in [0.5, 0.6) is 0 Å². The molecule has 0 radical (unpaired) electrons. The summed E-state index contributed by atoms with van der Waals surface area (Å²) in [5, 5.41) is 0. The van der Waals surface area contributed by atoms with Crippen molar-refractivity contribution >= 4 is 16.7 Å². The molecule has 0 amide bonds. The van der Waals surface area contributed by atoms with Crippen LogP contribution in [-0.2, 0) is 15.7 Å². The van der Waals surface area contributed by atoms with Crippen LogP contribution in [0.25, 0.3) is 11.0 Å². The summed E-state index contributed by atoms with van der Waals surface area (Å²) < 4.78 is 8.17. The number of rotatable bonds is 1. The standard InChI is InChI=1S/C17H25N3O/c1-16(2,3)15-19-13-10-12(18)6-7-14(13)20(15)17(4)8-5-9-21-11-17/h6-7,10H,5,8-9,11,18H2,1-4H3. The average molecular weight is 287 g/mol. The normalized spacial score (nSPS) is 23.6. The summed E-state index contributed by atoms with van der Waals surface area (Å²) in [6.07, 6.45) is 2.21. The van der Waals surface area contributed by atoms with E-state index in [1.807, 2.05) is 12.1 Å². The lowest BCUT2D eigenvalue weighted by molar-refractivity contribution is 0.00903. The summed E-state index contributed by atoms with van der Waals surface area (Å²) in [5.41, 5.74) is 8.77. The highest BCUT2D eigenvalue weighted by Gasteiger charge is 2.36. The lowest BCUT2D eigenvalue weighted by Gasteiger charge is -2.38. The molecule has 1 unspecified atom stereocenters. The summed E-state index contributed by atoms with van der Waals surface area (Å²) >= 11 is 0. The highest BCUT2D eigenvalue weighted by atomic mass is 16.5. The van der Waals surface area contributed by atoms with Gasteiger partial charge in [-0.2, -0.15) is 0 Å². The van der Waals surface area contributed by atoms with E-state index in [1.165, 1.54) is 0 Å². The van der Waals surface area contributed by atoms with Gasteiger partial charge in [0.25, 0.3) is 0 Å². The van der Waals surface area contributed by atoms with Gasteiger partial charge in [-0.3, -0.25) is 0 Å². The topological polar surface area (TPSA) is 53.1 Å². The first-order chi connectivity index (χ1) is 9.81. The van der Waals surface area contributed by atoms with Gasteiger partial charge in [0, 0.05) is 17.7 Å². The van der Waals surface area contributed by atoms with Gasteiger partial charge in [-0.15, -0.1) is 0 Å². The molecule has 1 aliphatic heterocycles. The van der Waals surface area contributed by atoms with Crippen molar-refractivity contribution in [3.8, 4) is 0 Å². The molecule has 1 aromatic carbocycles. The predicted molar refractivity (Wildman–Crippen MR) is 86.5 cm³/mol. The van der Waals surface area contributed by atoms with Gasteiger partial charge >= 0.3 is 0 Å². The highest BCUT2D eigenvalue weighted by molar-refractivity contribution is 5.80. The van der Waals surface area contributed by atoms with E-state index in [-0.39, 0.29) is 11.0 Å². The zero-order valence-electron chi connectivity index (χ0n) is 13.4. The predicted octanol–water partition coefficient (Wildman–Crippen LogP) is 3.44. The van der Waals surface area contributed by atoms with Crippen LogP contribution in [0.15, 0.2) is 18.2 Å². The van der Waals surface area contributed by atoms with Gasteiger partial charge in [0.05, 0.1) is 23.2 Å². The molecule has 0 aliphatic carbocycles. The van der Waals surface area contributed by atoms with Crippen molar-refractivity contribution in [2.45, 2.75) is 51.5 Å². The number of fused-ring (bicyclic) bond motifs is 1. The van der Waals surface area contributed by atoms with E-state index in [9.17, 15) is 0 Å². The van der Waals surface area contributed by atoms with Gasteiger partial charge in [-0.25, -0.2) is 4.98 Å².